The Balaban J connectivity index is 1.24. The second-order valence-electron chi connectivity index (χ2n) is 12.1. The van der Waals surface area contributed by atoms with E-state index < -0.39 is 11.0 Å². The van der Waals surface area contributed by atoms with Crippen molar-refractivity contribution in [1.82, 2.24) is 29.3 Å². The summed E-state index contributed by atoms with van der Waals surface area (Å²) in [5, 5.41) is 19.1. The average molecular weight is 531 g/mol. The number of hydrogen-bond acceptors (Lipinski definition) is 7. The van der Waals surface area contributed by atoms with Gasteiger partial charge < -0.3 is 9.64 Å². The standard InChI is InChI=1S/C28H34N8O3/c1-18-14-34(25(37)28(18,17-29)20-5-6-20)24-23-7-10-30-36(23)16-22(32-24)19-13-31-35(15-19)21-8-11-33(12-9-21)26(38)39-27(2,3)4/h7,10,13,15-16,18,20-21H,5-6,8-9,11-12,14H2,1-4H3/t18-,28+/m1/s1. The first kappa shape index (κ1) is 25.3. The molecule has 204 valence electrons. The Bertz CT molecular complexity index is 1470. The molecule has 0 N–H and O–H groups in total. The van der Waals surface area contributed by atoms with Crippen LogP contribution in [0, 0.1) is 28.6 Å². The van der Waals surface area contributed by atoms with Crippen LogP contribution in [0.3, 0.4) is 0 Å². The molecule has 5 heterocycles. The van der Waals surface area contributed by atoms with Crippen molar-refractivity contribution in [3.63, 3.8) is 0 Å². The van der Waals surface area contributed by atoms with Gasteiger partial charge in [-0.05, 0) is 58.4 Å². The lowest BCUT2D eigenvalue weighted by molar-refractivity contribution is -0.124. The number of anilines is 1. The normalized spacial score (nSPS) is 24.4. The van der Waals surface area contributed by atoms with E-state index in [0.29, 0.717) is 31.1 Å². The quantitative estimate of drug-likeness (QED) is 0.498. The Morgan fingerprint density at radius 1 is 1.15 bits per heavy atom. The second kappa shape index (κ2) is 9.07. The van der Waals surface area contributed by atoms with E-state index in [-0.39, 0.29) is 29.9 Å². The van der Waals surface area contributed by atoms with Crippen molar-refractivity contribution in [3.05, 3.63) is 30.9 Å². The van der Waals surface area contributed by atoms with Crippen molar-refractivity contribution in [3.8, 4) is 17.3 Å². The zero-order valence-electron chi connectivity index (χ0n) is 22.9. The van der Waals surface area contributed by atoms with Crippen molar-refractivity contribution in [1.29, 1.82) is 5.26 Å². The maximum Gasteiger partial charge on any atom is 0.410 e. The molecule has 0 radical (unpaired) electrons. The fourth-order valence-corrected chi connectivity index (χ4v) is 6.04. The van der Waals surface area contributed by atoms with Crippen molar-refractivity contribution in [2.75, 3.05) is 24.5 Å². The molecular weight excluding hydrogens is 496 g/mol. The predicted octanol–water partition coefficient (Wildman–Crippen LogP) is 4.07. The first-order valence-corrected chi connectivity index (χ1v) is 13.7. The number of carbonyl (C=O) groups excluding carboxylic acids is 2. The monoisotopic (exact) mass is 530 g/mol. The third kappa shape index (κ3) is 4.32. The predicted molar refractivity (Wildman–Crippen MR) is 143 cm³/mol. The van der Waals surface area contributed by atoms with Gasteiger partial charge in [0.25, 0.3) is 0 Å². The molecule has 1 aliphatic carbocycles. The molecule has 2 amide bonds. The van der Waals surface area contributed by atoms with E-state index in [0.717, 1.165) is 36.8 Å². The topological polar surface area (TPSA) is 122 Å². The molecule has 6 rings (SSSR count). The number of nitrogens with zero attached hydrogens (tertiary/aromatic N) is 8. The fourth-order valence-electron chi connectivity index (χ4n) is 6.04. The molecular formula is C28H34N8O3. The summed E-state index contributed by atoms with van der Waals surface area (Å²) in [4.78, 5) is 34.5. The maximum atomic E-state index is 13.7. The van der Waals surface area contributed by atoms with Gasteiger partial charge in [-0.3, -0.25) is 14.4 Å². The van der Waals surface area contributed by atoms with Crippen molar-refractivity contribution in [2.45, 2.75) is 65.0 Å². The molecule has 3 aliphatic rings. The zero-order chi connectivity index (χ0) is 27.5. The summed E-state index contributed by atoms with van der Waals surface area (Å²) in [6.07, 6.45) is 10.4. The Labute approximate surface area is 227 Å². The van der Waals surface area contributed by atoms with Gasteiger partial charge in [-0.1, -0.05) is 6.92 Å². The molecule has 39 heavy (non-hydrogen) atoms. The van der Waals surface area contributed by atoms with Crippen LogP contribution in [0.15, 0.2) is 30.9 Å². The molecule has 0 unspecified atom stereocenters. The van der Waals surface area contributed by atoms with Gasteiger partial charge in [-0.15, -0.1) is 0 Å². The number of carbonyl (C=O) groups is 2. The zero-order valence-corrected chi connectivity index (χ0v) is 22.9. The largest absolute Gasteiger partial charge is 0.444 e. The summed E-state index contributed by atoms with van der Waals surface area (Å²) in [7, 11) is 0. The van der Waals surface area contributed by atoms with Crippen molar-refractivity contribution < 1.29 is 14.3 Å². The van der Waals surface area contributed by atoms with E-state index in [1.807, 2.05) is 50.8 Å². The van der Waals surface area contributed by atoms with E-state index in [2.05, 4.69) is 16.3 Å². The summed E-state index contributed by atoms with van der Waals surface area (Å²) >= 11 is 0. The van der Waals surface area contributed by atoms with Gasteiger partial charge in [0.05, 0.1) is 36.4 Å². The van der Waals surface area contributed by atoms with Crippen LogP contribution >= 0.6 is 0 Å². The van der Waals surface area contributed by atoms with Gasteiger partial charge in [0.2, 0.25) is 5.91 Å². The van der Waals surface area contributed by atoms with Crippen LogP contribution in [-0.4, -0.2) is 66.5 Å². The smallest absolute Gasteiger partial charge is 0.410 e. The van der Waals surface area contributed by atoms with E-state index in [1.54, 1.807) is 26.7 Å². The van der Waals surface area contributed by atoms with Crippen molar-refractivity contribution >= 4 is 23.3 Å². The number of ether oxygens (including phenoxy) is 1. The van der Waals surface area contributed by atoms with Crippen LogP contribution in [-0.2, 0) is 9.53 Å². The molecule has 1 saturated carbocycles. The molecule has 3 fully saturated rings. The van der Waals surface area contributed by atoms with Crippen LogP contribution in [0.4, 0.5) is 10.6 Å². The number of likely N-dealkylation sites (tertiary alicyclic amines) is 1. The lowest BCUT2D eigenvalue weighted by atomic mass is 9.75. The van der Waals surface area contributed by atoms with Crippen LogP contribution in [0.25, 0.3) is 16.8 Å². The van der Waals surface area contributed by atoms with Crippen LogP contribution in [0.2, 0.25) is 0 Å². The van der Waals surface area contributed by atoms with Gasteiger partial charge in [0.1, 0.15) is 16.5 Å². The Morgan fingerprint density at radius 3 is 2.56 bits per heavy atom. The van der Waals surface area contributed by atoms with Crippen LogP contribution in [0.5, 0.6) is 0 Å². The number of nitriles is 1. The second-order valence-corrected chi connectivity index (χ2v) is 12.1. The summed E-state index contributed by atoms with van der Waals surface area (Å²) in [5.74, 6) is 0.419. The van der Waals surface area contributed by atoms with E-state index >= 15 is 0 Å². The molecule has 2 aliphatic heterocycles. The van der Waals surface area contributed by atoms with Gasteiger partial charge in [-0.2, -0.15) is 15.5 Å². The summed E-state index contributed by atoms with van der Waals surface area (Å²) in [6.45, 7) is 9.27. The van der Waals surface area contributed by atoms with Crippen LogP contribution in [0.1, 0.15) is 59.4 Å². The van der Waals surface area contributed by atoms with Gasteiger partial charge in [-0.25, -0.2) is 14.3 Å². The van der Waals surface area contributed by atoms with Gasteiger partial charge >= 0.3 is 6.09 Å². The van der Waals surface area contributed by atoms with E-state index in [1.165, 1.54) is 0 Å². The first-order chi connectivity index (χ1) is 18.6. The number of aromatic nitrogens is 5. The first-order valence-electron chi connectivity index (χ1n) is 13.7. The molecule has 3 aromatic heterocycles. The van der Waals surface area contributed by atoms with E-state index in [9.17, 15) is 14.9 Å². The highest BCUT2D eigenvalue weighted by molar-refractivity contribution is 6.04. The highest BCUT2D eigenvalue weighted by atomic mass is 16.6. The minimum absolute atomic E-state index is 0.0785. The fraction of sp³-hybridized carbons (Fsp3) is 0.571. The number of piperidine rings is 1. The lowest BCUT2D eigenvalue weighted by Crippen LogP contribution is -2.42. The number of hydrogen-bond donors (Lipinski definition) is 0. The summed E-state index contributed by atoms with van der Waals surface area (Å²) in [6, 6.07) is 4.40. The number of rotatable bonds is 4. The minimum atomic E-state index is -0.978. The number of amides is 2. The highest BCUT2D eigenvalue weighted by Gasteiger charge is 2.61. The third-order valence-electron chi connectivity index (χ3n) is 8.25. The summed E-state index contributed by atoms with van der Waals surface area (Å²) in [5.41, 5.74) is 0.702. The molecule has 0 aromatic carbocycles. The molecule has 2 saturated heterocycles. The molecule has 11 heteroatoms. The average Bonchev–Trinajstić information content (AvgIpc) is 3.33. The third-order valence-corrected chi connectivity index (χ3v) is 8.25. The van der Waals surface area contributed by atoms with Crippen LogP contribution < -0.4 is 4.90 Å². The summed E-state index contributed by atoms with van der Waals surface area (Å²) < 4.78 is 9.18. The molecule has 0 spiro atoms. The van der Waals surface area contributed by atoms with Gasteiger partial charge in [0, 0.05) is 37.3 Å². The molecule has 0 bridgehead atoms. The molecule has 11 nitrogen and oxygen atoms in total. The Morgan fingerprint density at radius 2 is 1.90 bits per heavy atom. The molecule has 3 aromatic rings. The van der Waals surface area contributed by atoms with Gasteiger partial charge in [0.15, 0.2) is 5.82 Å². The number of fused-ring (bicyclic) bond motifs is 1. The molecule has 2 atom stereocenters. The lowest BCUT2D eigenvalue weighted by Gasteiger charge is -2.33. The van der Waals surface area contributed by atoms with E-state index in [4.69, 9.17) is 9.72 Å². The Hall–Kier alpha value is -3.94. The Kier molecular flexibility index (Phi) is 5.90. The maximum absolute atomic E-state index is 13.7. The van der Waals surface area contributed by atoms with Crippen molar-refractivity contribution in [2.24, 2.45) is 17.3 Å². The minimum Gasteiger partial charge on any atom is -0.444 e. The highest BCUT2D eigenvalue weighted by Crippen LogP contribution is 2.54. The SMILES string of the molecule is C[C@@H]1CN(c2nc(-c3cnn(C4CCN(C(=O)OC(C)(C)C)CC4)c3)cn3nccc23)C(=O)[C@]1(C#N)C1CC1.